The topological polar surface area (TPSA) is 75.3 Å². The molecule has 0 fully saturated rings. The molecule has 1 aromatic carbocycles. The maximum Gasteiger partial charge on any atom is 0.237 e. The maximum absolute atomic E-state index is 11.8. The summed E-state index contributed by atoms with van der Waals surface area (Å²) in [5, 5.41) is 12.1. The molecule has 0 aromatic heterocycles. The molecule has 1 amide bonds. The van der Waals surface area contributed by atoms with Gasteiger partial charge in [0.25, 0.3) is 0 Å². The van der Waals surface area contributed by atoms with Gasteiger partial charge in [-0.3, -0.25) is 4.79 Å². The van der Waals surface area contributed by atoms with Crippen LogP contribution < -0.4 is 11.1 Å². The monoisotopic (exact) mass is 300 g/mol. The lowest BCUT2D eigenvalue weighted by atomic mass is 10.0. The number of hydrogen-bond donors (Lipinski definition) is 3. The first-order chi connectivity index (χ1) is 8.99. The first-order valence-electron chi connectivity index (χ1n) is 6.74. The van der Waals surface area contributed by atoms with Crippen molar-refractivity contribution in [3.8, 4) is 0 Å². The Balaban J connectivity index is 0.00000361. The number of aliphatic hydroxyl groups is 1. The first-order valence-corrected chi connectivity index (χ1v) is 6.74. The smallest absolute Gasteiger partial charge is 0.237 e. The number of halogens is 1. The summed E-state index contributed by atoms with van der Waals surface area (Å²) < 4.78 is 0. The molecule has 2 unspecified atom stereocenters. The molecule has 0 bridgehead atoms. The molecule has 0 spiro atoms. The van der Waals surface area contributed by atoms with Crippen molar-refractivity contribution in [2.75, 3.05) is 6.54 Å². The van der Waals surface area contributed by atoms with Crippen molar-refractivity contribution in [2.45, 2.75) is 38.8 Å². The number of nitrogens with one attached hydrogen (secondary N) is 1. The van der Waals surface area contributed by atoms with E-state index in [1.54, 1.807) is 6.92 Å². The molecule has 20 heavy (non-hydrogen) atoms. The van der Waals surface area contributed by atoms with Gasteiger partial charge in [-0.1, -0.05) is 37.3 Å². The molecule has 1 aromatic rings. The Hall–Kier alpha value is -1.10. The molecule has 4 nitrogen and oxygen atoms in total. The summed E-state index contributed by atoms with van der Waals surface area (Å²) in [7, 11) is 0. The predicted octanol–water partition coefficient (Wildman–Crippen LogP) is 1.50. The number of aliphatic hydroxyl groups excluding tert-OH is 1. The van der Waals surface area contributed by atoms with Crippen molar-refractivity contribution in [3.63, 3.8) is 0 Å². The highest BCUT2D eigenvalue weighted by Crippen LogP contribution is 2.05. The Morgan fingerprint density at radius 1 is 1.30 bits per heavy atom. The zero-order chi connectivity index (χ0) is 14.3. The van der Waals surface area contributed by atoms with Crippen molar-refractivity contribution >= 4 is 18.3 Å². The molecular weight excluding hydrogens is 276 g/mol. The van der Waals surface area contributed by atoms with Gasteiger partial charge in [0.2, 0.25) is 5.91 Å². The van der Waals surface area contributed by atoms with Crippen LogP contribution in [0.4, 0.5) is 0 Å². The van der Waals surface area contributed by atoms with Crippen LogP contribution in [0.1, 0.15) is 25.8 Å². The van der Waals surface area contributed by atoms with Gasteiger partial charge in [-0.2, -0.15) is 0 Å². The van der Waals surface area contributed by atoms with Crippen LogP contribution in [0.15, 0.2) is 30.3 Å². The van der Waals surface area contributed by atoms with E-state index in [1.807, 2.05) is 37.3 Å². The Morgan fingerprint density at radius 3 is 2.45 bits per heavy atom. The predicted molar refractivity (Wildman–Crippen MR) is 83.8 cm³/mol. The fraction of sp³-hybridized carbons (Fsp3) is 0.533. The van der Waals surface area contributed by atoms with Crippen LogP contribution in [-0.2, 0) is 11.2 Å². The third kappa shape index (κ3) is 7.48. The summed E-state index contributed by atoms with van der Waals surface area (Å²) in [5.41, 5.74) is 6.93. The quantitative estimate of drug-likeness (QED) is 0.714. The molecule has 0 heterocycles. The summed E-state index contributed by atoms with van der Waals surface area (Å²) in [6.07, 6.45) is 0.871. The van der Waals surface area contributed by atoms with Gasteiger partial charge in [0.15, 0.2) is 0 Å². The van der Waals surface area contributed by atoms with Gasteiger partial charge in [-0.05, 0) is 31.2 Å². The second kappa shape index (κ2) is 9.75. The van der Waals surface area contributed by atoms with Crippen LogP contribution in [-0.4, -0.2) is 29.7 Å². The molecule has 0 aliphatic rings. The van der Waals surface area contributed by atoms with Gasteiger partial charge in [0.05, 0.1) is 12.1 Å². The highest BCUT2D eigenvalue weighted by Gasteiger charge is 2.15. The SMILES string of the molecule is CC(O)CC(C)CNC(=O)[C@@H](N)Cc1ccccc1.Cl. The molecule has 5 heteroatoms. The summed E-state index contributed by atoms with van der Waals surface area (Å²) in [5.74, 6) is 0.106. The largest absolute Gasteiger partial charge is 0.393 e. The average Bonchev–Trinajstić information content (AvgIpc) is 2.36. The number of nitrogens with two attached hydrogens (primary N) is 1. The molecular formula is C15H25ClN2O2. The van der Waals surface area contributed by atoms with E-state index in [2.05, 4.69) is 5.32 Å². The van der Waals surface area contributed by atoms with E-state index in [0.29, 0.717) is 19.4 Å². The summed E-state index contributed by atoms with van der Waals surface area (Å²) in [6.45, 7) is 4.29. The van der Waals surface area contributed by atoms with Gasteiger partial charge in [-0.15, -0.1) is 12.4 Å². The Bertz CT molecular complexity index is 385. The molecule has 0 saturated heterocycles. The zero-order valence-corrected chi connectivity index (χ0v) is 12.9. The van der Waals surface area contributed by atoms with Crippen molar-refractivity contribution < 1.29 is 9.90 Å². The average molecular weight is 301 g/mol. The van der Waals surface area contributed by atoms with Crippen LogP contribution >= 0.6 is 12.4 Å². The minimum absolute atomic E-state index is 0. The van der Waals surface area contributed by atoms with E-state index < -0.39 is 6.04 Å². The van der Waals surface area contributed by atoms with Crippen LogP contribution in [0.2, 0.25) is 0 Å². The fourth-order valence-electron chi connectivity index (χ4n) is 2.03. The van der Waals surface area contributed by atoms with Crippen molar-refractivity contribution in [2.24, 2.45) is 11.7 Å². The highest BCUT2D eigenvalue weighted by atomic mass is 35.5. The second-order valence-corrected chi connectivity index (χ2v) is 5.23. The maximum atomic E-state index is 11.8. The second-order valence-electron chi connectivity index (χ2n) is 5.23. The van der Waals surface area contributed by atoms with Crippen molar-refractivity contribution in [3.05, 3.63) is 35.9 Å². The van der Waals surface area contributed by atoms with Gasteiger partial charge in [0, 0.05) is 6.54 Å². The van der Waals surface area contributed by atoms with Gasteiger partial charge >= 0.3 is 0 Å². The Labute approximate surface area is 127 Å². The van der Waals surface area contributed by atoms with E-state index in [0.717, 1.165) is 5.56 Å². The van der Waals surface area contributed by atoms with Gasteiger partial charge < -0.3 is 16.2 Å². The number of carbonyl (C=O) groups is 1. The fourth-order valence-corrected chi connectivity index (χ4v) is 2.03. The van der Waals surface area contributed by atoms with Crippen molar-refractivity contribution in [1.29, 1.82) is 0 Å². The molecule has 0 aliphatic carbocycles. The molecule has 4 N–H and O–H groups in total. The standard InChI is InChI=1S/C15H24N2O2.ClH/c1-11(8-12(2)18)10-17-15(19)14(16)9-13-6-4-3-5-7-13;/h3-7,11-12,14,18H,8-10,16H2,1-2H3,(H,17,19);1H/t11?,12?,14-;/m0./s1. The minimum atomic E-state index is -0.527. The summed E-state index contributed by atoms with van der Waals surface area (Å²) in [6, 6.07) is 9.20. The van der Waals surface area contributed by atoms with Crippen molar-refractivity contribution in [1.82, 2.24) is 5.32 Å². The molecule has 1 rings (SSSR count). The summed E-state index contributed by atoms with van der Waals surface area (Å²) in [4.78, 5) is 11.8. The molecule has 3 atom stereocenters. The Morgan fingerprint density at radius 2 is 1.90 bits per heavy atom. The normalized spacial score (nSPS) is 14.8. The summed E-state index contributed by atoms with van der Waals surface area (Å²) >= 11 is 0. The molecule has 114 valence electrons. The van der Waals surface area contributed by atoms with Crippen LogP contribution in [0, 0.1) is 5.92 Å². The minimum Gasteiger partial charge on any atom is -0.393 e. The van der Waals surface area contributed by atoms with E-state index in [9.17, 15) is 9.90 Å². The van der Waals surface area contributed by atoms with E-state index in [1.165, 1.54) is 0 Å². The number of hydrogen-bond acceptors (Lipinski definition) is 3. The lowest BCUT2D eigenvalue weighted by Crippen LogP contribution is -2.43. The number of benzene rings is 1. The number of carbonyl (C=O) groups excluding carboxylic acids is 1. The van der Waals surface area contributed by atoms with Gasteiger partial charge in [0.1, 0.15) is 0 Å². The van der Waals surface area contributed by atoms with E-state index in [-0.39, 0.29) is 30.3 Å². The molecule has 0 saturated carbocycles. The molecule has 0 radical (unpaired) electrons. The van der Waals surface area contributed by atoms with Crippen LogP contribution in [0.5, 0.6) is 0 Å². The van der Waals surface area contributed by atoms with Crippen LogP contribution in [0.3, 0.4) is 0 Å². The van der Waals surface area contributed by atoms with E-state index in [4.69, 9.17) is 5.73 Å². The third-order valence-corrected chi connectivity index (χ3v) is 3.00. The number of rotatable bonds is 7. The van der Waals surface area contributed by atoms with Crippen LogP contribution in [0.25, 0.3) is 0 Å². The zero-order valence-electron chi connectivity index (χ0n) is 12.1. The van der Waals surface area contributed by atoms with Gasteiger partial charge in [-0.25, -0.2) is 0 Å². The molecule has 0 aliphatic heterocycles. The number of amides is 1. The third-order valence-electron chi connectivity index (χ3n) is 3.00. The first kappa shape index (κ1) is 18.9. The highest BCUT2D eigenvalue weighted by molar-refractivity contribution is 5.85. The lowest BCUT2D eigenvalue weighted by molar-refractivity contribution is -0.122. The lowest BCUT2D eigenvalue weighted by Gasteiger charge is -2.17. The van der Waals surface area contributed by atoms with E-state index >= 15 is 0 Å². The Kier molecular flexibility index (Phi) is 9.21.